The van der Waals surface area contributed by atoms with Gasteiger partial charge >= 0.3 is 5.97 Å². The number of esters is 1. The van der Waals surface area contributed by atoms with Crippen LogP contribution in [-0.4, -0.2) is 60.9 Å². The third kappa shape index (κ3) is 7.31. The molecule has 3 heterocycles. The Hall–Kier alpha value is -5.18. The molecule has 15 heteroatoms. The Labute approximate surface area is 287 Å². The van der Waals surface area contributed by atoms with E-state index in [2.05, 4.69) is 25.3 Å². The first-order chi connectivity index (χ1) is 23.5. The Morgan fingerprint density at radius 1 is 1.08 bits per heavy atom. The van der Waals surface area contributed by atoms with Crippen LogP contribution in [0.3, 0.4) is 0 Å². The van der Waals surface area contributed by atoms with Crippen LogP contribution in [0.15, 0.2) is 106 Å². The number of carbonyl (C=O) groups excluding carboxylic acids is 1. The summed E-state index contributed by atoms with van der Waals surface area (Å²) < 4.78 is 50.2. The lowest BCUT2D eigenvalue weighted by atomic mass is 9.95. The van der Waals surface area contributed by atoms with Crippen molar-refractivity contribution < 1.29 is 22.3 Å². The highest BCUT2D eigenvalue weighted by atomic mass is 35.5. The minimum atomic E-state index is -3.89. The molecule has 12 nitrogen and oxygen atoms in total. The molecule has 0 saturated heterocycles. The quantitative estimate of drug-likeness (QED) is 0.186. The Bertz CT molecular complexity index is 2210. The second kappa shape index (κ2) is 14.1. The molecular formula is C34H32ClFN8O4S. The number of fused-ring (bicyclic) bond motifs is 1. The maximum atomic E-state index is 13.9. The van der Waals surface area contributed by atoms with Crippen molar-refractivity contribution in [2.24, 2.45) is 4.99 Å². The minimum absolute atomic E-state index is 0.0703. The molecule has 5 aromatic rings. The van der Waals surface area contributed by atoms with Crippen LogP contribution in [0, 0.1) is 5.82 Å². The lowest BCUT2D eigenvalue weighted by molar-refractivity contribution is -0.139. The third-order valence-electron chi connectivity index (χ3n) is 7.89. The molecule has 1 atom stereocenters. The van der Waals surface area contributed by atoms with Gasteiger partial charge in [0.05, 0.1) is 29.3 Å². The largest absolute Gasteiger partial charge is 0.460 e. The smallest absolute Gasteiger partial charge is 0.338 e. The van der Waals surface area contributed by atoms with Gasteiger partial charge in [-0.05, 0) is 43.3 Å². The van der Waals surface area contributed by atoms with Crippen molar-refractivity contribution in [2.45, 2.75) is 31.0 Å². The number of pyridine rings is 1. The summed E-state index contributed by atoms with van der Waals surface area (Å²) in [5, 5.41) is 12.8. The van der Waals surface area contributed by atoms with Crippen LogP contribution >= 0.6 is 11.6 Å². The van der Waals surface area contributed by atoms with E-state index in [0.717, 1.165) is 16.6 Å². The maximum absolute atomic E-state index is 13.9. The summed E-state index contributed by atoms with van der Waals surface area (Å²) in [6, 6.07) is 17.3. The molecule has 2 aromatic heterocycles. The topological polar surface area (TPSA) is 144 Å². The van der Waals surface area contributed by atoms with Gasteiger partial charge in [0.15, 0.2) is 0 Å². The van der Waals surface area contributed by atoms with E-state index in [0.29, 0.717) is 28.2 Å². The molecule has 0 bridgehead atoms. The van der Waals surface area contributed by atoms with Crippen molar-refractivity contribution in [2.75, 3.05) is 25.6 Å². The molecule has 0 fully saturated rings. The van der Waals surface area contributed by atoms with E-state index in [1.165, 1.54) is 22.9 Å². The van der Waals surface area contributed by atoms with E-state index >= 15 is 0 Å². The molecule has 252 valence electrons. The first kappa shape index (κ1) is 33.7. The zero-order valence-corrected chi connectivity index (χ0v) is 28.3. The molecule has 0 spiro atoms. The van der Waals surface area contributed by atoms with Gasteiger partial charge < -0.3 is 15.0 Å². The predicted octanol–water partition coefficient (Wildman–Crippen LogP) is 4.77. The summed E-state index contributed by atoms with van der Waals surface area (Å²) in [6.45, 7) is 1.71. The molecule has 0 saturated carbocycles. The van der Waals surface area contributed by atoms with Gasteiger partial charge in [-0.3, -0.25) is 9.98 Å². The Morgan fingerprint density at radius 2 is 1.84 bits per heavy atom. The van der Waals surface area contributed by atoms with Crippen molar-refractivity contribution in [3.63, 3.8) is 0 Å². The van der Waals surface area contributed by atoms with Gasteiger partial charge in [0.2, 0.25) is 10.0 Å². The van der Waals surface area contributed by atoms with Crippen molar-refractivity contribution in [3.8, 4) is 0 Å². The highest BCUT2D eigenvalue weighted by Crippen LogP contribution is 2.36. The summed E-state index contributed by atoms with van der Waals surface area (Å²) in [7, 11) is -0.0856. The SMILES string of the molecule is CC1=C(C(=O)OCCn2cc(CNS(=O)(=O)c3cccc4c(N(C)C)cccc34)nn2)C(c2ccc(F)cc2Cl)N=C(c2ccncc2)N1. The number of benzene rings is 3. The summed E-state index contributed by atoms with van der Waals surface area (Å²) in [5.74, 6) is -0.669. The number of sulfonamides is 1. The monoisotopic (exact) mass is 702 g/mol. The number of rotatable bonds is 11. The molecule has 0 amide bonds. The fraction of sp³-hybridized carbons (Fsp3) is 0.206. The summed E-state index contributed by atoms with van der Waals surface area (Å²) in [4.78, 5) is 24.3. The number of aromatic nitrogens is 4. The van der Waals surface area contributed by atoms with Crippen LogP contribution in [0.2, 0.25) is 5.02 Å². The second-order valence-corrected chi connectivity index (χ2v) is 13.5. The predicted molar refractivity (Wildman–Crippen MR) is 184 cm³/mol. The van der Waals surface area contributed by atoms with Crippen LogP contribution in [0.25, 0.3) is 10.8 Å². The van der Waals surface area contributed by atoms with Crippen LogP contribution in [0.1, 0.15) is 29.8 Å². The number of allylic oxidation sites excluding steroid dienone is 1. The average Bonchev–Trinajstić information content (AvgIpc) is 3.54. The highest BCUT2D eigenvalue weighted by molar-refractivity contribution is 7.89. The molecule has 2 N–H and O–H groups in total. The Balaban J connectivity index is 1.12. The lowest BCUT2D eigenvalue weighted by Crippen LogP contribution is -2.33. The van der Waals surface area contributed by atoms with Crippen LogP contribution < -0.4 is 14.9 Å². The Kier molecular flexibility index (Phi) is 9.72. The van der Waals surface area contributed by atoms with E-state index in [1.807, 2.05) is 37.2 Å². The van der Waals surface area contributed by atoms with Gasteiger partial charge in [0.25, 0.3) is 0 Å². The number of hydrogen-bond acceptors (Lipinski definition) is 10. The van der Waals surface area contributed by atoms with Crippen molar-refractivity contribution in [1.29, 1.82) is 0 Å². The van der Waals surface area contributed by atoms with E-state index in [4.69, 9.17) is 21.3 Å². The second-order valence-electron chi connectivity index (χ2n) is 11.4. The number of halogens is 2. The van der Waals surface area contributed by atoms with E-state index in [-0.39, 0.29) is 35.2 Å². The number of nitrogens with one attached hydrogen (secondary N) is 2. The van der Waals surface area contributed by atoms with Gasteiger partial charge in [-0.15, -0.1) is 5.10 Å². The summed E-state index contributed by atoms with van der Waals surface area (Å²) in [6.07, 6.45) is 4.82. The first-order valence-electron chi connectivity index (χ1n) is 15.2. The fourth-order valence-electron chi connectivity index (χ4n) is 5.52. The number of anilines is 1. The maximum Gasteiger partial charge on any atom is 0.338 e. The molecule has 49 heavy (non-hydrogen) atoms. The van der Waals surface area contributed by atoms with E-state index in [1.54, 1.807) is 55.8 Å². The summed E-state index contributed by atoms with van der Waals surface area (Å²) in [5.41, 5.74) is 3.17. The summed E-state index contributed by atoms with van der Waals surface area (Å²) >= 11 is 6.42. The molecule has 1 aliphatic rings. The van der Waals surface area contributed by atoms with Crippen molar-refractivity contribution >= 4 is 49.9 Å². The van der Waals surface area contributed by atoms with Gasteiger partial charge in [0.1, 0.15) is 24.3 Å². The van der Waals surface area contributed by atoms with Gasteiger partial charge in [0, 0.05) is 71.0 Å². The lowest BCUT2D eigenvalue weighted by Gasteiger charge is -2.27. The van der Waals surface area contributed by atoms with Gasteiger partial charge in [-0.25, -0.2) is 27.0 Å². The number of hydrogen-bond donors (Lipinski definition) is 2. The Morgan fingerprint density at radius 3 is 2.59 bits per heavy atom. The average molecular weight is 703 g/mol. The first-order valence-corrected chi connectivity index (χ1v) is 17.0. The van der Waals surface area contributed by atoms with Crippen molar-refractivity contribution in [3.05, 3.63) is 124 Å². The van der Waals surface area contributed by atoms with Gasteiger partial charge in [-0.2, -0.15) is 0 Å². The third-order valence-corrected chi connectivity index (χ3v) is 9.67. The molecule has 1 unspecified atom stereocenters. The van der Waals surface area contributed by atoms with E-state index in [9.17, 15) is 17.6 Å². The minimum Gasteiger partial charge on any atom is -0.460 e. The zero-order valence-electron chi connectivity index (χ0n) is 26.8. The number of nitrogens with zero attached hydrogens (tertiary/aromatic N) is 6. The molecule has 0 aliphatic carbocycles. The molecule has 3 aromatic carbocycles. The number of ether oxygens (including phenoxy) is 1. The van der Waals surface area contributed by atoms with E-state index < -0.39 is 27.9 Å². The molecule has 6 rings (SSSR count). The molecule has 0 radical (unpaired) electrons. The van der Waals surface area contributed by atoms with Crippen LogP contribution in [0.5, 0.6) is 0 Å². The molecular weight excluding hydrogens is 671 g/mol. The normalized spacial score (nSPS) is 14.8. The van der Waals surface area contributed by atoms with Gasteiger partial charge in [-0.1, -0.05) is 47.1 Å². The number of aliphatic imine (C=N–C) groups is 1. The van der Waals surface area contributed by atoms with Crippen LogP contribution in [-0.2, 0) is 32.6 Å². The number of amidine groups is 1. The highest BCUT2D eigenvalue weighted by Gasteiger charge is 2.32. The van der Waals surface area contributed by atoms with Crippen LogP contribution in [0.4, 0.5) is 10.1 Å². The standard InChI is InChI=1S/C34H32ClFN8O4S/c1-21-31(32(27-11-10-23(36)18-28(27)35)40-33(39-21)22-12-14-37-15-13-22)34(45)48-17-16-44-20-24(41-42-44)19-38-49(46,47)30-9-5-6-25-26(30)7-4-8-29(25)43(2)3/h4-15,18,20,32,38H,16-17,19H2,1-3H3,(H,39,40). The zero-order chi connectivity index (χ0) is 34.7. The molecule has 1 aliphatic heterocycles. The van der Waals surface area contributed by atoms with Crippen molar-refractivity contribution in [1.82, 2.24) is 30.0 Å². The number of carbonyl (C=O) groups is 1. The fourth-order valence-corrected chi connectivity index (χ4v) is 7.01.